The molecule has 0 bridgehead atoms. The first-order valence-corrected chi connectivity index (χ1v) is 9.83. The molecule has 0 unspecified atom stereocenters. The van der Waals surface area contributed by atoms with Gasteiger partial charge in [0.2, 0.25) is 11.8 Å². The molecular formula is C23H27N3O2. The largest absolute Gasteiger partial charge is 0.342 e. The molecule has 0 spiro atoms. The van der Waals surface area contributed by atoms with E-state index in [9.17, 15) is 9.59 Å². The molecule has 5 heteroatoms. The SMILES string of the molecule is CC(C)C(=O)N1CCC(C(=O)NN=C(c2ccccc2)c2ccccc2)CC1. The second-order valence-corrected chi connectivity index (χ2v) is 7.42. The average molecular weight is 377 g/mol. The van der Waals surface area contributed by atoms with Crippen molar-refractivity contribution in [1.29, 1.82) is 0 Å². The molecular weight excluding hydrogens is 350 g/mol. The lowest BCUT2D eigenvalue weighted by Crippen LogP contribution is -2.43. The molecule has 0 atom stereocenters. The molecule has 0 aliphatic carbocycles. The van der Waals surface area contributed by atoms with Crippen molar-refractivity contribution in [2.45, 2.75) is 26.7 Å². The number of benzene rings is 2. The highest BCUT2D eigenvalue weighted by molar-refractivity contribution is 6.13. The lowest BCUT2D eigenvalue weighted by atomic mass is 9.95. The fourth-order valence-corrected chi connectivity index (χ4v) is 3.42. The van der Waals surface area contributed by atoms with E-state index in [1.165, 1.54) is 0 Å². The van der Waals surface area contributed by atoms with Gasteiger partial charge in [-0.1, -0.05) is 74.5 Å². The summed E-state index contributed by atoms with van der Waals surface area (Å²) in [5.74, 6) is -0.0460. The minimum atomic E-state index is -0.118. The Morgan fingerprint density at radius 2 is 1.43 bits per heavy atom. The summed E-state index contributed by atoms with van der Waals surface area (Å²) in [6.45, 7) is 5.07. The number of nitrogens with zero attached hydrogens (tertiary/aromatic N) is 2. The van der Waals surface area contributed by atoms with Gasteiger partial charge in [0.05, 0.1) is 5.71 Å². The first kappa shape index (κ1) is 19.8. The van der Waals surface area contributed by atoms with Crippen LogP contribution in [0.5, 0.6) is 0 Å². The van der Waals surface area contributed by atoms with Crippen LogP contribution in [0.15, 0.2) is 65.8 Å². The van der Waals surface area contributed by atoms with Crippen LogP contribution in [0.1, 0.15) is 37.8 Å². The van der Waals surface area contributed by atoms with E-state index < -0.39 is 0 Å². The second kappa shape index (κ2) is 9.31. The van der Waals surface area contributed by atoms with E-state index in [1.807, 2.05) is 79.4 Å². The highest BCUT2D eigenvalue weighted by atomic mass is 16.2. The monoisotopic (exact) mass is 377 g/mol. The number of hydrogen-bond acceptors (Lipinski definition) is 3. The van der Waals surface area contributed by atoms with Gasteiger partial charge in [0, 0.05) is 36.1 Å². The molecule has 0 saturated carbocycles. The molecule has 2 aromatic carbocycles. The van der Waals surface area contributed by atoms with E-state index in [4.69, 9.17) is 0 Å². The van der Waals surface area contributed by atoms with Gasteiger partial charge in [0.25, 0.3) is 0 Å². The Balaban J connectivity index is 1.68. The quantitative estimate of drug-likeness (QED) is 0.641. The number of hydrogen-bond donors (Lipinski definition) is 1. The Morgan fingerprint density at radius 3 is 1.89 bits per heavy atom. The van der Waals surface area contributed by atoms with Crippen LogP contribution in [-0.4, -0.2) is 35.5 Å². The molecule has 1 saturated heterocycles. The molecule has 1 aliphatic heterocycles. The van der Waals surface area contributed by atoms with Gasteiger partial charge in [-0.2, -0.15) is 5.10 Å². The van der Waals surface area contributed by atoms with Crippen LogP contribution in [-0.2, 0) is 9.59 Å². The van der Waals surface area contributed by atoms with Crippen LogP contribution in [0.4, 0.5) is 0 Å². The van der Waals surface area contributed by atoms with Gasteiger partial charge in [-0.3, -0.25) is 9.59 Å². The minimum Gasteiger partial charge on any atom is -0.342 e. The number of carbonyl (C=O) groups excluding carboxylic acids is 2. The highest BCUT2D eigenvalue weighted by Gasteiger charge is 2.28. The van der Waals surface area contributed by atoms with Crippen LogP contribution >= 0.6 is 0 Å². The Bertz CT molecular complexity index is 782. The molecule has 5 nitrogen and oxygen atoms in total. The van der Waals surface area contributed by atoms with E-state index >= 15 is 0 Å². The number of carbonyl (C=O) groups is 2. The zero-order valence-electron chi connectivity index (χ0n) is 16.5. The first-order valence-electron chi connectivity index (χ1n) is 9.83. The van der Waals surface area contributed by atoms with E-state index in [0.717, 1.165) is 16.8 Å². The molecule has 1 aliphatic rings. The molecule has 2 amide bonds. The van der Waals surface area contributed by atoms with Gasteiger partial charge in [-0.25, -0.2) is 5.43 Å². The molecule has 3 rings (SSSR count). The fraction of sp³-hybridized carbons (Fsp3) is 0.348. The summed E-state index contributed by atoms with van der Waals surface area (Å²) in [4.78, 5) is 26.6. The van der Waals surface area contributed by atoms with E-state index in [2.05, 4.69) is 10.5 Å². The van der Waals surface area contributed by atoms with Gasteiger partial charge in [0.1, 0.15) is 0 Å². The molecule has 1 fully saturated rings. The number of piperidine rings is 1. The number of nitrogens with one attached hydrogen (secondary N) is 1. The number of amides is 2. The zero-order valence-corrected chi connectivity index (χ0v) is 16.5. The first-order chi connectivity index (χ1) is 13.6. The second-order valence-electron chi connectivity index (χ2n) is 7.42. The average Bonchev–Trinajstić information content (AvgIpc) is 2.75. The molecule has 146 valence electrons. The van der Waals surface area contributed by atoms with E-state index in [-0.39, 0.29) is 23.7 Å². The van der Waals surface area contributed by atoms with Gasteiger partial charge >= 0.3 is 0 Å². The third-order valence-corrected chi connectivity index (χ3v) is 5.04. The van der Waals surface area contributed by atoms with Crippen molar-refractivity contribution in [3.8, 4) is 0 Å². The van der Waals surface area contributed by atoms with E-state index in [0.29, 0.717) is 25.9 Å². The Morgan fingerprint density at radius 1 is 0.929 bits per heavy atom. The van der Waals surface area contributed by atoms with Crippen LogP contribution in [0, 0.1) is 11.8 Å². The third kappa shape index (κ3) is 4.85. The molecule has 2 aromatic rings. The maximum atomic E-state index is 12.7. The maximum absolute atomic E-state index is 12.7. The Hall–Kier alpha value is -2.95. The number of likely N-dealkylation sites (tertiary alicyclic amines) is 1. The van der Waals surface area contributed by atoms with Crippen molar-refractivity contribution in [3.63, 3.8) is 0 Å². The summed E-state index contributed by atoms with van der Waals surface area (Å²) in [6.07, 6.45) is 1.34. The third-order valence-electron chi connectivity index (χ3n) is 5.04. The Labute approximate surface area is 166 Å². The van der Waals surface area contributed by atoms with Crippen LogP contribution in [0.2, 0.25) is 0 Å². The van der Waals surface area contributed by atoms with Gasteiger partial charge in [-0.05, 0) is 12.8 Å². The summed E-state index contributed by atoms with van der Waals surface area (Å²) in [7, 11) is 0. The topological polar surface area (TPSA) is 61.8 Å². The van der Waals surface area contributed by atoms with Gasteiger partial charge < -0.3 is 4.90 Å². The predicted octanol–water partition coefficient (Wildman–Crippen LogP) is 3.45. The van der Waals surface area contributed by atoms with Crippen molar-refractivity contribution < 1.29 is 9.59 Å². The Kier molecular flexibility index (Phi) is 6.58. The molecule has 1 N–H and O–H groups in total. The lowest BCUT2D eigenvalue weighted by molar-refractivity contribution is -0.138. The normalized spacial score (nSPS) is 14.6. The van der Waals surface area contributed by atoms with Crippen LogP contribution in [0.3, 0.4) is 0 Å². The fourth-order valence-electron chi connectivity index (χ4n) is 3.42. The van der Waals surface area contributed by atoms with Crippen molar-refractivity contribution in [1.82, 2.24) is 10.3 Å². The van der Waals surface area contributed by atoms with Crippen molar-refractivity contribution in [2.75, 3.05) is 13.1 Å². The molecule has 0 radical (unpaired) electrons. The van der Waals surface area contributed by atoms with E-state index in [1.54, 1.807) is 0 Å². The van der Waals surface area contributed by atoms with Crippen molar-refractivity contribution in [3.05, 3.63) is 71.8 Å². The van der Waals surface area contributed by atoms with Gasteiger partial charge in [0.15, 0.2) is 0 Å². The van der Waals surface area contributed by atoms with Crippen LogP contribution < -0.4 is 5.43 Å². The number of rotatable bonds is 5. The molecule has 0 aromatic heterocycles. The highest BCUT2D eigenvalue weighted by Crippen LogP contribution is 2.19. The predicted molar refractivity (Wildman–Crippen MR) is 111 cm³/mol. The molecule has 1 heterocycles. The zero-order chi connectivity index (χ0) is 19.9. The standard InChI is InChI=1S/C23H27N3O2/c1-17(2)23(28)26-15-13-20(14-16-26)22(27)25-24-21(18-9-5-3-6-10-18)19-11-7-4-8-12-19/h3-12,17,20H,13-16H2,1-2H3,(H,25,27). The summed E-state index contributed by atoms with van der Waals surface area (Å²) >= 11 is 0. The van der Waals surface area contributed by atoms with Gasteiger partial charge in [-0.15, -0.1) is 0 Å². The summed E-state index contributed by atoms with van der Waals surface area (Å²) in [6, 6.07) is 19.7. The smallest absolute Gasteiger partial charge is 0.243 e. The molecule has 28 heavy (non-hydrogen) atoms. The maximum Gasteiger partial charge on any atom is 0.243 e. The summed E-state index contributed by atoms with van der Waals surface area (Å²) in [5.41, 5.74) is 5.40. The minimum absolute atomic E-state index is 0.00530. The summed E-state index contributed by atoms with van der Waals surface area (Å²) < 4.78 is 0. The van der Waals surface area contributed by atoms with Crippen molar-refractivity contribution >= 4 is 17.5 Å². The lowest BCUT2D eigenvalue weighted by Gasteiger charge is -2.32. The summed E-state index contributed by atoms with van der Waals surface area (Å²) in [5, 5.41) is 4.46. The number of hydrazone groups is 1. The van der Waals surface area contributed by atoms with Crippen molar-refractivity contribution in [2.24, 2.45) is 16.9 Å². The van der Waals surface area contributed by atoms with Crippen LogP contribution in [0.25, 0.3) is 0 Å².